The van der Waals surface area contributed by atoms with Gasteiger partial charge in [-0.2, -0.15) is 0 Å². The Hall–Kier alpha value is -0.650. The van der Waals surface area contributed by atoms with Gasteiger partial charge >= 0.3 is 5.97 Å². The number of carbonyl (C=O) groups is 1. The normalized spacial score (nSPS) is 42.1. The highest BCUT2D eigenvalue weighted by Crippen LogP contribution is 2.33. The highest BCUT2D eigenvalue weighted by molar-refractivity contribution is 5.79. The molecule has 102 valence electrons. The Bertz CT molecular complexity index is 349. The maximum Gasteiger partial charge on any atom is 0.323 e. The Labute approximate surface area is 108 Å². The predicted molar refractivity (Wildman–Crippen MR) is 68.4 cm³/mol. The van der Waals surface area contributed by atoms with Crippen LogP contribution in [0.25, 0.3) is 0 Å². The standard InChI is InChI=1S/C13H23N3O2/c14-13(12(17)18)4-3-10(8-13)16-7-6-15-5-1-2-11(15)9-16/h10-11H,1-9,14H2,(H,17,18). The summed E-state index contributed by atoms with van der Waals surface area (Å²) in [5.74, 6) is -0.829. The number of carboxylic acids is 1. The van der Waals surface area contributed by atoms with E-state index in [1.807, 2.05) is 0 Å². The van der Waals surface area contributed by atoms with Gasteiger partial charge in [-0.15, -0.1) is 0 Å². The zero-order valence-electron chi connectivity index (χ0n) is 10.8. The molecule has 1 aliphatic carbocycles. The monoisotopic (exact) mass is 253 g/mol. The van der Waals surface area contributed by atoms with E-state index in [2.05, 4.69) is 9.80 Å². The van der Waals surface area contributed by atoms with E-state index in [4.69, 9.17) is 5.73 Å². The fourth-order valence-electron chi connectivity index (χ4n) is 3.90. The van der Waals surface area contributed by atoms with Crippen molar-refractivity contribution in [2.75, 3.05) is 26.2 Å². The Morgan fingerprint density at radius 1 is 1.17 bits per heavy atom. The van der Waals surface area contributed by atoms with Crippen LogP contribution in [0, 0.1) is 0 Å². The van der Waals surface area contributed by atoms with E-state index in [1.165, 1.54) is 19.4 Å². The van der Waals surface area contributed by atoms with Crippen molar-refractivity contribution in [3.8, 4) is 0 Å². The molecule has 2 heterocycles. The first kappa shape index (κ1) is 12.4. The van der Waals surface area contributed by atoms with Crippen molar-refractivity contribution < 1.29 is 9.90 Å². The van der Waals surface area contributed by atoms with Crippen LogP contribution in [0.15, 0.2) is 0 Å². The molecule has 3 atom stereocenters. The first-order chi connectivity index (χ1) is 8.58. The van der Waals surface area contributed by atoms with Crippen LogP contribution >= 0.6 is 0 Å². The molecule has 5 heteroatoms. The SMILES string of the molecule is NC1(C(=O)O)CCC(N2CCN3CCCC3C2)C1. The van der Waals surface area contributed by atoms with Crippen molar-refractivity contribution in [1.82, 2.24) is 9.80 Å². The maximum absolute atomic E-state index is 11.2. The van der Waals surface area contributed by atoms with Crippen molar-refractivity contribution in [3.63, 3.8) is 0 Å². The van der Waals surface area contributed by atoms with Gasteiger partial charge in [0.25, 0.3) is 0 Å². The van der Waals surface area contributed by atoms with E-state index in [9.17, 15) is 9.90 Å². The third-order valence-electron chi connectivity index (χ3n) is 5.08. The summed E-state index contributed by atoms with van der Waals surface area (Å²) in [4.78, 5) is 16.3. The first-order valence-corrected chi connectivity index (χ1v) is 7.09. The van der Waals surface area contributed by atoms with Crippen molar-refractivity contribution >= 4 is 5.97 Å². The summed E-state index contributed by atoms with van der Waals surface area (Å²) in [7, 11) is 0. The fourth-order valence-corrected chi connectivity index (χ4v) is 3.90. The minimum Gasteiger partial charge on any atom is -0.480 e. The van der Waals surface area contributed by atoms with E-state index in [1.54, 1.807) is 0 Å². The summed E-state index contributed by atoms with van der Waals surface area (Å²) in [6.45, 7) is 4.59. The van der Waals surface area contributed by atoms with E-state index in [0.29, 0.717) is 24.9 Å². The number of fused-ring (bicyclic) bond motifs is 1. The number of nitrogens with two attached hydrogens (primary N) is 1. The first-order valence-electron chi connectivity index (χ1n) is 7.09. The summed E-state index contributed by atoms with van der Waals surface area (Å²) in [6, 6.07) is 1.09. The summed E-state index contributed by atoms with van der Waals surface area (Å²) in [5.41, 5.74) is 4.99. The van der Waals surface area contributed by atoms with Crippen molar-refractivity contribution in [2.45, 2.75) is 49.7 Å². The van der Waals surface area contributed by atoms with Crippen molar-refractivity contribution in [1.29, 1.82) is 0 Å². The zero-order valence-corrected chi connectivity index (χ0v) is 10.8. The van der Waals surface area contributed by atoms with Crippen LogP contribution in [0.2, 0.25) is 0 Å². The number of aliphatic carboxylic acids is 1. The topological polar surface area (TPSA) is 69.8 Å². The molecule has 3 unspecified atom stereocenters. The maximum atomic E-state index is 11.2. The Kier molecular flexibility index (Phi) is 3.08. The molecule has 1 saturated carbocycles. The molecule has 3 fully saturated rings. The number of hydrogen-bond donors (Lipinski definition) is 2. The molecular formula is C13H23N3O2. The van der Waals surface area contributed by atoms with Gasteiger partial charge in [0.1, 0.15) is 5.54 Å². The lowest BCUT2D eigenvalue weighted by Crippen LogP contribution is -2.54. The van der Waals surface area contributed by atoms with E-state index >= 15 is 0 Å². The Morgan fingerprint density at radius 3 is 2.67 bits per heavy atom. The van der Waals surface area contributed by atoms with Gasteiger partial charge in [-0.25, -0.2) is 0 Å². The Balaban J connectivity index is 1.61. The van der Waals surface area contributed by atoms with Crippen LogP contribution in [0.3, 0.4) is 0 Å². The molecule has 5 nitrogen and oxygen atoms in total. The fraction of sp³-hybridized carbons (Fsp3) is 0.923. The summed E-state index contributed by atoms with van der Waals surface area (Å²) in [5, 5.41) is 9.19. The van der Waals surface area contributed by atoms with E-state index in [0.717, 1.165) is 26.1 Å². The highest BCUT2D eigenvalue weighted by atomic mass is 16.4. The summed E-state index contributed by atoms with van der Waals surface area (Å²) in [6.07, 6.45) is 4.80. The lowest BCUT2D eigenvalue weighted by atomic mass is 9.99. The molecule has 18 heavy (non-hydrogen) atoms. The summed E-state index contributed by atoms with van der Waals surface area (Å²) >= 11 is 0. The van der Waals surface area contributed by atoms with Crippen LogP contribution < -0.4 is 5.73 Å². The zero-order chi connectivity index (χ0) is 12.8. The molecule has 0 radical (unpaired) electrons. The molecule has 3 N–H and O–H groups in total. The van der Waals surface area contributed by atoms with Gasteiger partial charge < -0.3 is 10.8 Å². The largest absolute Gasteiger partial charge is 0.480 e. The lowest BCUT2D eigenvalue weighted by molar-refractivity contribution is -0.143. The number of hydrogen-bond acceptors (Lipinski definition) is 4. The molecule has 3 aliphatic rings. The van der Waals surface area contributed by atoms with Gasteiger partial charge in [0.05, 0.1) is 0 Å². The highest BCUT2D eigenvalue weighted by Gasteiger charge is 2.45. The number of piperazine rings is 1. The van der Waals surface area contributed by atoms with Gasteiger partial charge in [-0.1, -0.05) is 0 Å². The average Bonchev–Trinajstić information content (AvgIpc) is 2.95. The molecule has 2 aliphatic heterocycles. The quantitative estimate of drug-likeness (QED) is 0.730. The van der Waals surface area contributed by atoms with Gasteiger partial charge in [0.15, 0.2) is 0 Å². The van der Waals surface area contributed by atoms with Crippen molar-refractivity contribution in [3.05, 3.63) is 0 Å². The third kappa shape index (κ3) is 2.04. The number of rotatable bonds is 2. The van der Waals surface area contributed by atoms with Crippen LogP contribution in [0.1, 0.15) is 32.1 Å². The van der Waals surface area contributed by atoms with Gasteiger partial charge in [0, 0.05) is 31.7 Å². The molecule has 3 rings (SSSR count). The van der Waals surface area contributed by atoms with Gasteiger partial charge in [-0.05, 0) is 38.6 Å². The molecule has 0 aromatic heterocycles. The minimum atomic E-state index is -0.975. The molecule has 0 bridgehead atoms. The van der Waals surface area contributed by atoms with E-state index < -0.39 is 11.5 Å². The third-order valence-corrected chi connectivity index (χ3v) is 5.08. The Morgan fingerprint density at radius 2 is 1.94 bits per heavy atom. The van der Waals surface area contributed by atoms with Gasteiger partial charge in [-0.3, -0.25) is 14.6 Å². The number of nitrogens with zero attached hydrogens (tertiary/aromatic N) is 2. The molecule has 0 aromatic carbocycles. The minimum absolute atomic E-state index is 0.383. The molecule has 0 amide bonds. The van der Waals surface area contributed by atoms with Crippen molar-refractivity contribution in [2.24, 2.45) is 5.73 Å². The average molecular weight is 253 g/mol. The second-order valence-electron chi connectivity index (χ2n) is 6.18. The summed E-state index contributed by atoms with van der Waals surface area (Å²) < 4.78 is 0. The van der Waals surface area contributed by atoms with Crippen LogP contribution in [-0.2, 0) is 4.79 Å². The molecular weight excluding hydrogens is 230 g/mol. The molecule has 2 saturated heterocycles. The van der Waals surface area contributed by atoms with Crippen LogP contribution in [0.4, 0.5) is 0 Å². The molecule has 0 spiro atoms. The second-order valence-corrected chi connectivity index (χ2v) is 6.18. The van der Waals surface area contributed by atoms with Gasteiger partial charge in [0.2, 0.25) is 0 Å². The lowest BCUT2D eigenvalue weighted by Gasteiger charge is -2.40. The predicted octanol–water partition coefficient (Wildman–Crippen LogP) is 0.101. The smallest absolute Gasteiger partial charge is 0.323 e. The van der Waals surface area contributed by atoms with Crippen LogP contribution in [0.5, 0.6) is 0 Å². The molecule has 0 aromatic rings. The van der Waals surface area contributed by atoms with E-state index in [-0.39, 0.29) is 0 Å². The number of carboxylic acid groups (broad SMARTS) is 1. The van der Waals surface area contributed by atoms with Crippen LogP contribution in [-0.4, -0.2) is 64.7 Å². The second kappa shape index (κ2) is 4.47.